The summed E-state index contributed by atoms with van der Waals surface area (Å²) in [6.45, 7) is 0.672. The summed E-state index contributed by atoms with van der Waals surface area (Å²) >= 11 is 0. The van der Waals surface area contributed by atoms with Crippen LogP contribution in [0.15, 0.2) is 29.9 Å². The van der Waals surface area contributed by atoms with Gasteiger partial charge in [-0.25, -0.2) is 9.97 Å². The van der Waals surface area contributed by atoms with E-state index in [9.17, 15) is 0 Å². The smallest absolute Gasteiger partial charge is 0.190 e. The van der Waals surface area contributed by atoms with Gasteiger partial charge in [-0.2, -0.15) is 5.10 Å². The number of oxime groups is 1. The highest BCUT2D eigenvalue weighted by Crippen LogP contribution is 2.10. The molecule has 2 rings (SSSR count). The maximum absolute atomic E-state index is 8.54. The van der Waals surface area contributed by atoms with E-state index in [-0.39, 0.29) is 5.84 Å². The first-order chi connectivity index (χ1) is 9.10. The molecule has 0 aliphatic heterocycles. The minimum Gasteiger partial charge on any atom is -0.409 e. The Hall–Kier alpha value is -2.64. The Balaban J connectivity index is 2.09. The normalized spacial score (nSPS) is 11.6. The molecule has 0 aliphatic rings. The predicted molar refractivity (Wildman–Crippen MR) is 69.9 cm³/mol. The lowest BCUT2D eigenvalue weighted by Gasteiger charge is -2.16. The van der Waals surface area contributed by atoms with Crippen LogP contribution in [-0.4, -0.2) is 37.8 Å². The molecule has 19 heavy (non-hydrogen) atoms. The van der Waals surface area contributed by atoms with Crippen molar-refractivity contribution in [2.24, 2.45) is 17.9 Å². The second-order valence-electron chi connectivity index (χ2n) is 4.12. The fraction of sp³-hybridized carbons (Fsp3) is 0.273. The van der Waals surface area contributed by atoms with Gasteiger partial charge in [0.2, 0.25) is 0 Å². The monoisotopic (exact) mass is 261 g/mol. The van der Waals surface area contributed by atoms with Crippen molar-refractivity contribution < 1.29 is 5.21 Å². The maximum Gasteiger partial charge on any atom is 0.190 e. The van der Waals surface area contributed by atoms with Crippen molar-refractivity contribution in [1.82, 2.24) is 19.7 Å². The summed E-state index contributed by atoms with van der Waals surface area (Å²) in [6, 6.07) is 0. The molecule has 0 unspecified atom stereocenters. The number of amidine groups is 1. The van der Waals surface area contributed by atoms with Gasteiger partial charge in [0.1, 0.15) is 11.5 Å². The fourth-order valence-electron chi connectivity index (χ4n) is 1.61. The van der Waals surface area contributed by atoms with Crippen LogP contribution in [0, 0.1) is 0 Å². The summed E-state index contributed by atoms with van der Waals surface area (Å²) in [6.07, 6.45) is 6.78. The fourth-order valence-corrected chi connectivity index (χ4v) is 1.61. The van der Waals surface area contributed by atoms with Gasteiger partial charge < -0.3 is 15.8 Å². The zero-order valence-corrected chi connectivity index (χ0v) is 10.7. The molecule has 0 bridgehead atoms. The van der Waals surface area contributed by atoms with Crippen molar-refractivity contribution in [3.05, 3.63) is 36.0 Å². The second kappa shape index (κ2) is 5.34. The van der Waals surface area contributed by atoms with E-state index < -0.39 is 0 Å². The first-order valence-corrected chi connectivity index (χ1v) is 5.58. The van der Waals surface area contributed by atoms with Crippen molar-refractivity contribution in [3.63, 3.8) is 0 Å². The Morgan fingerprint density at radius 3 is 2.74 bits per heavy atom. The first kappa shape index (κ1) is 12.8. The molecule has 8 nitrogen and oxygen atoms in total. The molecule has 8 heteroatoms. The van der Waals surface area contributed by atoms with Gasteiger partial charge >= 0.3 is 0 Å². The third kappa shape index (κ3) is 2.97. The number of aryl methyl sites for hydroxylation is 1. The van der Waals surface area contributed by atoms with E-state index in [1.807, 2.05) is 25.2 Å². The van der Waals surface area contributed by atoms with E-state index in [1.54, 1.807) is 17.1 Å². The van der Waals surface area contributed by atoms with Crippen LogP contribution in [0.25, 0.3) is 0 Å². The Morgan fingerprint density at radius 2 is 2.21 bits per heavy atom. The van der Waals surface area contributed by atoms with E-state index in [0.717, 1.165) is 5.56 Å². The summed E-state index contributed by atoms with van der Waals surface area (Å²) in [5, 5.41) is 15.5. The number of nitrogens with two attached hydrogens (primary N) is 1. The molecule has 0 radical (unpaired) electrons. The number of hydrogen-bond donors (Lipinski definition) is 2. The van der Waals surface area contributed by atoms with Gasteiger partial charge in [-0.3, -0.25) is 4.68 Å². The number of nitrogens with zero attached hydrogens (tertiary/aromatic N) is 6. The van der Waals surface area contributed by atoms with E-state index in [4.69, 9.17) is 10.9 Å². The summed E-state index contributed by atoms with van der Waals surface area (Å²) in [5.41, 5.74) is 6.83. The van der Waals surface area contributed by atoms with Crippen LogP contribution >= 0.6 is 0 Å². The number of rotatable bonds is 4. The Kier molecular flexibility index (Phi) is 3.60. The predicted octanol–water partition coefficient (Wildman–Crippen LogP) is -0.0590. The molecule has 2 aromatic rings. The molecule has 0 saturated carbocycles. The van der Waals surface area contributed by atoms with Gasteiger partial charge in [-0.1, -0.05) is 5.16 Å². The van der Waals surface area contributed by atoms with Crippen molar-refractivity contribution in [2.75, 3.05) is 11.9 Å². The van der Waals surface area contributed by atoms with Crippen molar-refractivity contribution in [3.8, 4) is 0 Å². The van der Waals surface area contributed by atoms with Crippen LogP contribution in [0.2, 0.25) is 0 Å². The molecule has 0 fully saturated rings. The largest absolute Gasteiger partial charge is 0.409 e. The Labute approximate surface area is 110 Å². The summed E-state index contributed by atoms with van der Waals surface area (Å²) < 4.78 is 1.75. The maximum atomic E-state index is 8.54. The van der Waals surface area contributed by atoms with Gasteiger partial charge in [0.05, 0.1) is 18.6 Å². The SMILES string of the molecule is CN(Cc1cnn(C)c1)c1cnc(C(N)=NO)cn1. The van der Waals surface area contributed by atoms with Crippen LogP contribution in [0.3, 0.4) is 0 Å². The molecular formula is C11H15N7O. The van der Waals surface area contributed by atoms with E-state index in [2.05, 4.69) is 20.2 Å². The second-order valence-corrected chi connectivity index (χ2v) is 4.12. The molecule has 0 aliphatic carbocycles. The standard InChI is InChI=1S/C11H15N7O/c1-17(6-8-3-15-18(2)7-8)10-5-13-9(4-14-10)11(12)16-19/h3-5,7,19H,6H2,1-2H3,(H2,12,16). The number of aromatic nitrogens is 4. The lowest BCUT2D eigenvalue weighted by Crippen LogP contribution is -2.20. The summed E-state index contributed by atoms with van der Waals surface area (Å²) in [4.78, 5) is 10.2. The molecule has 0 spiro atoms. The molecule has 0 aromatic carbocycles. The zero-order chi connectivity index (χ0) is 13.8. The first-order valence-electron chi connectivity index (χ1n) is 5.58. The van der Waals surface area contributed by atoms with Crippen molar-refractivity contribution in [1.29, 1.82) is 0 Å². The lowest BCUT2D eigenvalue weighted by molar-refractivity contribution is 0.318. The molecule has 2 heterocycles. The quantitative estimate of drug-likeness (QED) is 0.346. The molecule has 0 amide bonds. The minimum absolute atomic E-state index is 0.0611. The van der Waals surface area contributed by atoms with E-state index in [0.29, 0.717) is 18.1 Å². The van der Waals surface area contributed by atoms with Crippen LogP contribution in [0.4, 0.5) is 5.82 Å². The summed E-state index contributed by atoms with van der Waals surface area (Å²) in [7, 11) is 3.77. The highest BCUT2D eigenvalue weighted by atomic mass is 16.4. The van der Waals surface area contributed by atoms with Gasteiger partial charge in [-0.15, -0.1) is 0 Å². The average Bonchev–Trinajstić information content (AvgIpc) is 2.83. The third-order valence-electron chi connectivity index (χ3n) is 2.58. The van der Waals surface area contributed by atoms with Gasteiger partial charge in [0, 0.05) is 32.4 Å². The third-order valence-corrected chi connectivity index (χ3v) is 2.58. The van der Waals surface area contributed by atoms with Crippen LogP contribution < -0.4 is 10.6 Å². The molecular weight excluding hydrogens is 246 g/mol. The van der Waals surface area contributed by atoms with Crippen LogP contribution in [0.1, 0.15) is 11.3 Å². The van der Waals surface area contributed by atoms with E-state index in [1.165, 1.54) is 6.20 Å². The molecule has 0 atom stereocenters. The Bertz CT molecular complexity index is 575. The summed E-state index contributed by atoms with van der Waals surface area (Å²) in [5.74, 6) is 0.632. The van der Waals surface area contributed by atoms with Crippen molar-refractivity contribution in [2.45, 2.75) is 6.54 Å². The van der Waals surface area contributed by atoms with Crippen molar-refractivity contribution >= 4 is 11.7 Å². The molecule has 0 saturated heterocycles. The van der Waals surface area contributed by atoms with Gasteiger partial charge in [0.15, 0.2) is 5.84 Å². The van der Waals surface area contributed by atoms with Crippen LogP contribution in [0.5, 0.6) is 0 Å². The Morgan fingerprint density at radius 1 is 1.42 bits per heavy atom. The van der Waals surface area contributed by atoms with Crippen LogP contribution in [-0.2, 0) is 13.6 Å². The lowest BCUT2D eigenvalue weighted by atomic mass is 10.3. The number of hydrogen-bond acceptors (Lipinski definition) is 6. The highest BCUT2D eigenvalue weighted by Gasteiger charge is 2.07. The topological polar surface area (TPSA) is 105 Å². The molecule has 3 N–H and O–H groups in total. The average molecular weight is 261 g/mol. The molecule has 100 valence electrons. The van der Waals surface area contributed by atoms with Gasteiger partial charge in [-0.05, 0) is 0 Å². The molecule has 2 aromatic heterocycles. The zero-order valence-electron chi connectivity index (χ0n) is 10.7. The highest BCUT2D eigenvalue weighted by molar-refractivity contribution is 5.94. The number of anilines is 1. The van der Waals surface area contributed by atoms with Gasteiger partial charge in [0.25, 0.3) is 0 Å². The van der Waals surface area contributed by atoms with E-state index >= 15 is 0 Å². The minimum atomic E-state index is -0.0611.